The fraction of sp³-hybridized carbons (Fsp3) is 0.462. The maximum atomic E-state index is 11.3. The Hall–Kier alpha value is -1.35. The van der Waals surface area contributed by atoms with Crippen LogP contribution in [0.2, 0.25) is 0 Å². The van der Waals surface area contributed by atoms with Gasteiger partial charge in [0.25, 0.3) is 0 Å². The van der Waals surface area contributed by atoms with Crippen LogP contribution in [-0.2, 0) is 11.2 Å². The van der Waals surface area contributed by atoms with E-state index in [9.17, 15) is 4.79 Å². The van der Waals surface area contributed by atoms with E-state index in [1.54, 1.807) is 0 Å². The second-order valence-corrected chi connectivity index (χ2v) is 3.89. The number of rotatable bonds is 6. The van der Waals surface area contributed by atoms with Crippen LogP contribution >= 0.6 is 0 Å². The zero-order valence-corrected chi connectivity index (χ0v) is 9.83. The van der Waals surface area contributed by atoms with Crippen molar-refractivity contribution < 1.29 is 4.79 Å². The number of carbonyl (C=O) groups excluding carboxylic acids is 1. The molecule has 0 atom stereocenters. The highest BCUT2D eigenvalue weighted by Gasteiger charge is 2.00. The van der Waals surface area contributed by atoms with E-state index in [4.69, 9.17) is 5.73 Å². The number of nitrogens with one attached hydrogen (secondary N) is 1. The average molecular weight is 220 g/mol. The third kappa shape index (κ3) is 4.45. The van der Waals surface area contributed by atoms with Gasteiger partial charge in [0.05, 0.1) is 0 Å². The van der Waals surface area contributed by atoms with Crippen molar-refractivity contribution in [2.45, 2.75) is 32.6 Å². The van der Waals surface area contributed by atoms with Gasteiger partial charge in [0.15, 0.2) is 0 Å². The predicted octanol–water partition coefficient (Wildman–Crippen LogP) is 2.32. The summed E-state index contributed by atoms with van der Waals surface area (Å²) in [6, 6.07) is 8.01. The molecule has 0 heterocycles. The molecule has 0 aliphatic heterocycles. The number of amides is 1. The molecule has 1 aromatic rings. The number of carbonyl (C=O) groups is 1. The largest absolute Gasteiger partial charge is 0.330 e. The predicted molar refractivity (Wildman–Crippen MR) is 67.4 cm³/mol. The molecule has 3 N–H and O–H groups in total. The van der Waals surface area contributed by atoms with Crippen molar-refractivity contribution in [3.63, 3.8) is 0 Å². The van der Waals surface area contributed by atoms with Gasteiger partial charge < -0.3 is 11.1 Å². The smallest absolute Gasteiger partial charge is 0.225 e. The molecule has 0 saturated heterocycles. The Morgan fingerprint density at radius 2 is 2.00 bits per heavy atom. The maximum absolute atomic E-state index is 11.3. The van der Waals surface area contributed by atoms with Gasteiger partial charge >= 0.3 is 0 Å². The number of hydrogen-bond donors (Lipinski definition) is 2. The molecule has 0 fully saturated rings. The molecular weight excluding hydrogens is 200 g/mol. The highest BCUT2D eigenvalue weighted by atomic mass is 16.1. The molecule has 0 unspecified atom stereocenters. The highest BCUT2D eigenvalue weighted by Crippen LogP contribution is 2.11. The molecule has 0 aromatic heterocycles. The lowest BCUT2D eigenvalue weighted by molar-refractivity contribution is -0.116. The van der Waals surface area contributed by atoms with Crippen LogP contribution in [0.4, 0.5) is 5.69 Å². The molecule has 16 heavy (non-hydrogen) atoms. The summed E-state index contributed by atoms with van der Waals surface area (Å²) in [5, 5.41) is 2.81. The van der Waals surface area contributed by atoms with Gasteiger partial charge in [0.2, 0.25) is 5.91 Å². The molecular formula is C13H20N2O. The zero-order chi connectivity index (χ0) is 11.8. The Kier molecular flexibility index (Phi) is 5.57. The summed E-state index contributed by atoms with van der Waals surface area (Å²) in [6.45, 7) is 2.57. The van der Waals surface area contributed by atoms with Crippen LogP contribution in [0.3, 0.4) is 0 Å². The molecule has 0 aliphatic rings. The molecule has 1 aromatic carbocycles. The maximum Gasteiger partial charge on any atom is 0.225 e. The highest BCUT2D eigenvalue weighted by molar-refractivity contribution is 5.90. The molecule has 0 aliphatic carbocycles. The summed E-state index contributed by atoms with van der Waals surface area (Å²) in [7, 11) is 0. The van der Waals surface area contributed by atoms with Crippen LogP contribution < -0.4 is 11.1 Å². The molecule has 0 spiro atoms. The molecule has 88 valence electrons. The van der Waals surface area contributed by atoms with E-state index in [-0.39, 0.29) is 5.91 Å². The molecule has 1 amide bonds. The Bertz CT molecular complexity index is 319. The van der Waals surface area contributed by atoms with Crippen molar-refractivity contribution in [3.8, 4) is 0 Å². The van der Waals surface area contributed by atoms with Gasteiger partial charge in [-0.3, -0.25) is 4.79 Å². The van der Waals surface area contributed by atoms with Crippen molar-refractivity contribution in [1.82, 2.24) is 0 Å². The zero-order valence-electron chi connectivity index (χ0n) is 9.83. The molecule has 0 bridgehead atoms. The van der Waals surface area contributed by atoms with Crippen LogP contribution in [0.1, 0.15) is 31.7 Å². The van der Waals surface area contributed by atoms with Crippen LogP contribution in [-0.4, -0.2) is 12.5 Å². The second-order valence-electron chi connectivity index (χ2n) is 3.89. The Morgan fingerprint density at radius 3 is 2.56 bits per heavy atom. The first-order valence-corrected chi connectivity index (χ1v) is 5.85. The van der Waals surface area contributed by atoms with Crippen molar-refractivity contribution in [2.24, 2.45) is 5.73 Å². The van der Waals surface area contributed by atoms with Gasteiger partial charge in [-0.05, 0) is 30.5 Å². The van der Waals surface area contributed by atoms with E-state index in [1.165, 1.54) is 18.4 Å². The lowest BCUT2D eigenvalue weighted by Crippen LogP contribution is -2.16. The van der Waals surface area contributed by atoms with E-state index < -0.39 is 0 Å². The number of anilines is 1. The van der Waals surface area contributed by atoms with E-state index in [1.807, 2.05) is 12.1 Å². The standard InChI is InChI=1S/C13H20N2O/c1-2-3-4-11-5-7-12(8-6-11)15-13(16)9-10-14/h5-8H,2-4,9-10,14H2,1H3,(H,15,16). The molecule has 1 rings (SSSR count). The molecule has 0 radical (unpaired) electrons. The Labute approximate surface area is 97.0 Å². The monoisotopic (exact) mass is 220 g/mol. The van der Waals surface area contributed by atoms with Crippen molar-refractivity contribution in [1.29, 1.82) is 0 Å². The van der Waals surface area contributed by atoms with Crippen LogP contribution in [0, 0.1) is 0 Å². The average Bonchev–Trinajstić information content (AvgIpc) is 2.28. The van der Waals surface area contributed by atoms with Gasteiger partial charge in [-0.2, -0.15) is 0 Å². The third-order valence-corrected chi connectivity index (χ3v) is 2.43. The summed E-state index contributed by atoms with van der Waals surface area (Å²) in [6.07, 6.45) is 3.89. The number of aryl methyl sites for hydroxylation is 1. The molecule has 0 saturated carbocycles. The first kappa shape index (κ1) is 12.7. The van der Waals surface area contributed by atoms with E-state index >= 15 is 0 Å². The lowest BCUT2D eigenvalue weighted by Gasteiger charge is -2.05. The minimum atomic E-state index is -0.0243. The summed E-state index contributed by atoms with van der Waals surface area (Å²) >= 11 is 0. The number of hydrogen-bond acceptors (Lipinski definition) is 2. The number of nitrogens with two attached hydrogens (primary N) is 1. The van der Waals surface area contributed by atoms with Gasteiger partial charge in [-0.25, -0.2) is 0 Å². The van der Waals surface area contributed by atoms with Crippen molar-refractivity contribution in [3.05, 3.63) is 29.8 Å². The molecule has 3 heteroatoms. The summed E-state index contributed by atoms with van der Waals surface area (Å²) in [5.41, 5.74) is 7.47. The first-order valence-electron chi connectivity index (χ1n) is 5.85. The summed E-state index contributed by atoms with van der Waals surface area (Å²) in [4.78, 5) is 11.3. The van der Waals surface area contributed by atoms with E-state index in [2.05, 4.69) is 24.4 Å². The lowest BCUT2D eigenvalue weighted by atomic mass is 10.1. The van der Waals surface area contributed by atoms with Crippen molar-refractivity contribution in [2.75, 3.05) is 11.9 Å². The van der Waals surface area contributed by atoms with Crippen molar-refractivity contribution >= 4 is 11.6 Å². The Morgan fingerprint density at radius 1 is 1.31 bits per heavy atom. The number of unbranched alkanes of at least 4 members (excludes halogenated alkanes) is 1. The van der Waals surface area contributed by atoms with E-state index in [0.717, 1.165) is 12.1 Å². The summed E-state index contributed by atoms with van der Waals surface area (Å²) in [5.74, 6) is -0.0243. The normalized spacial score (nSPS) is 10.1. The molecule has 3 nitrogen and oxygen atoms in total. The van der Waals surface area contributed by atoms with Gasteiger partial charge in [-0.15, -0.1) is 0 Å². The summed E-state index contributed by atoms with van der Waals surface area (Å²) < 4.78 is 0. The second kappa shape index (κ2) is 7.01. The minimum Gasteiger partial charge on any atom is -0.330 e. The first-order chi connectivity index (χ1) is 7.76. The quantitative estimate of drug-likeness (QED) is 0.773. The van der Waals surface area contributed by atoms with Crippen LogP contribution in [0.15, 0.2) is 24.3 Å². The Balaban J connectivity index is 2.47. The fourth-order valence-electron chi connectivity index (χ4n) is 1.49. The third-order valence-electron chi connectivity index (χ3n) is 2.43. The van der Waals surface area contributed by atoms with Gasteiger partial charge in [0.1, 0.15) is 0 Å². The van der Waals surface area contributed by atoms with E-state index in [0.29, 0.717) is 13.0 Å². The minimum absolute atomic E-state index is 0.0243. The van der Waals surface area contributed by atoms with Crippen LogP contribution in [0.25, 0.3) is 0 Å². The van der Waals surface area contributed by atoms with Gasteiger partial charge in [-0.1, -0.05) is 25.5 Å². The topological polar surface area (TPSA) is 55.1 Å². The van der Waals surface area contributed by atoms with Crippen LogP contribution in [0.5, 0.6) is 0 Å². The SMILES string of the molecule is CCCCc1ccc(NC(=O)CCN)cc1. The van der Waals surface area contributed by atoms with Gasteiger partial charge in [0, 0.05) is 18.7 Å². The number of benzene rings is 1. The fourth-order valence-corrected chi connectivity index (χ4v) is 1.49.